The number of benzene rings is 2. The SMILES string of the molecule is CC[C@@H](C)NC(=O)c1ccccc1N1CCC(NC(=O)COc2ccccc2)CC1. The number of nitrogens with one attached hydrogen (secondary N) is 2. The molecule has 30 heavy (non-hydrogen) atoms. The van der Waals surface area contributed by atoms with E-state index in [1.165, 1.54) is 0 Å². The topological polar surface area (TPSA) is 70.7 Å². The van der Waals surface area contributed by atoms with Gasteiger partial charge in [-0.25, -0.2) is 0 Å². The van der Waals surface area contributed by atoms with Crippen LogP contribution in [0.1, 0.15) is 43.5 Å². The highest BCUT2D eigenvalue weighted by atomic mass is 16.5. The Morgan fingerprint density at radius 3 is 2.43 bits per heavy atom. The Morgan fingerprint density at radius 1 is 1.07 bits per heavy atom. The molecule has 1 saturated heterocycles. The summed E-state index contributed by atoms with van der Waals surface area (Å²) >= 11 is 0. The van der Waals surface area contributed by atoms with Crippen molar-refractivity contribution in [1.29, 1.82) is 0 Å². The molecule has 0 aromatic heterocycles. The predicted octanol–water partition coefficient (Wildman–Crippen LogP) is 3.38. The summed E-state index contributed by atoms with van der Waals surface area (Å²) in [4.78, 5) is 27.1. The van der Waals surface area contributed by atoms with Gasteiger partial charge in [0, 0.05) is 30.9 Å². The van der Waals surface area contributed by atoms with Crippen molar-refractivity contribution < 1.29 is 14.3 Å². The minimum Gasteiger partial charge on any atom is -0.484 e. The number of hydrogen-bond donors (Lipinski definition) is 2. The summed E-state index contributed by atoms with van der Waals surface area (Å²) in [6, 6.07) is 17.3. The first kappa shape index (κ1) is 21.7. The number of nitrogens with zero attached hydrogens (tertiary/aromatic N) is 1. The van der Waals surface area contributed by atoms with E-state index in [0.29, 0.717) is 11.3 Å². The fraction of sp³-hybridized carbons (Fsp3) is 0.417. The molecule has 6 nitrogen and oxygen atoms in total. The van der Waals surface area contributed by atoms with Crippen LogP contribution in [0.2, 0.25) is 0 Å². The van der Waals surface area contributed by atoms with Crippen LogP contribution in [0.15, 0.2) is 54.6 Å². The second-order valence-corrected chi connectivity index (χ2v) is 7.73. The minimum atomic E-state index is -0.106. The highest BCUT2D eigenvalue weighted by Crippen LogP contribution is 2.24. The number of carbonyl (C=O) groups excluding carboxylic acids is 2. The van der Waals surface area contributed by atoms with Gasteiger partial charge in [-0.15, -0.1) is 0 Å². The van der Waals surface area contributed by atoms with Gasteiger partial charge in [0.2, 0.25) is 0 Å². The largest absolute Gasteiger partial charge is 0.484 e. The molecule has 1 aliphatic heterocycles. The van der Waals surface area contributed by atoms with Crippen LogP contribution >= 0.6 is 0 Å². The number of anilines is 1. The molecule has 1 aliphatic rings. The van der Waals surface area contributed by atoms with E-state index in [-0.39, 0.29) is 30.5 Å². The lowest BCUT2D eigenvalue weighted by Gasteiger charge is -2.35. The van der Waals surface area contributed by atoms with Gasteiger partial charge in [0.1, 0.15) is 5.75 Å². The summed E-state index contributed by atoms with van der Waals surface area (Å²) < 4.78 is 5.52. The second kappa shape index (κ2) is 10.7. The van der Waals surface area contributed by atoms with Crippen LogP contribution in [0.25, 0.3) is 0 Å². The van der Waals surface area contributed by atoms with E-state index in [1.54, 1.807) is 0 Å². The van der Waals surface area contributed by atoms with Gasteiger partial charge in [-0.3, -0.25) is 9.59 Å². The summed E-state index contributed by atoms with van der Waals surface area (Å²) in [6.07, 6.45) is 2.56. The Balaban J connectivity index is 1.51. The van der Waals surface area contributed by atoms with Crippen LogP contribution in [0.5, 0.6) is 5.75 Å². The van der Waals surface area contributed by atoms with Crippen LogP contribution in [0, 0.1) is 0 Å². The third-order valence-corrected chi connectivity index (χ3v) is 5.45. The maximum absolute atomic E-state index is 12.7. The second-order valence-electron chi connectivity index (χ2n) is 7.73. The van der Waals surface area contributed by atoms with Gasteiger partial charge in [-0.2, -0.15) is 0 Å². The van der Waals surface area contributed by atoms with E-state index < -0.39 is 0 Å². The highest BCUT2D eigenvalue weighted by Gasteiger charge is 2.24. The summed E-state index contributed by atoms with van der Waals surface area (Å²) in [6.45, 7) is 5.66. The molecule has 160 valence electrons. The van der Waals surface area contributed by atoms with Crippen molar-refractivity contribution in [2.24, 2.45) is 0 Å². The van der Waals surface area contributed by atoms with E-state index in [1.807, 2.05) is 61.5 Å². The first-order valence-electron chi connectivity index (χ1n) is 10.7. The van der Waals surface area contributed by atoms with Crippen molar-refractivity contribution in [2.45, 2.75) is 45.2 Å². The normalized spacial score (nSPS) is 15.3. The molecule has 1 atom stereocenters. The first-order valence-corrected chi connectivity index (χ1v) is 10.7. The Morgan fingerprint density at radius 2 is 1.73 bits per heavy atom. The molecule has 0 unspecified atom stereocenters. The quantitative estimate of drug-likeness (QED) is 0.701. The van der Waals surface area contributed by atoms with Gasteiger partial charge in [-0.1, -0.05) is 37.3 Å². The molecule has 1 fully saturated rings. The summed E-state index contributed by atoms with van der Waals surface area (Å²) in [5, 5.41) is 6.11. The summed E-state index contributed by atoms with van der Waals surface area (Å²) in [5.74, 6) is 0.550. The van der Waals surface area contributed by atoms with E-state index in [9.17, 15) is 9.59 Å². The number of para-hydroxylation sites is 2. The van der Waals surface area contributed by atoms with Gasteiger partial charge < -0.3 is 20.3 Å². The van der Waals surface area contributed by atoms with Crippen molar-refractivity contribution in [3.63, 3.8) is 0 Å². The molecule has 1 heterocycles. The maximum Gasteiger partial charge on any atom is 0.258 e. The van der Waals surface area contributed by atoms with Gasteiger partial charge >= 0.3 is 0 Å². The van der Waals surface area contributed by atoms with Crippen molar-refractivity contribution in [3.8, 4) is 5.75 Å². The standard InChI is InChI=1S/C24H31N3O3/c1-3-18(2)25-24(29)21-11-7-8-12-22(21)27-15-13-19(14-16-27)26-23(28)17-30-20-9-5-4-6-10-20/h4-12,18-19H,3,13-17H2,1-2H3,(H,25,29)(H,26,28)/t18-/m1/s1. The predicted molar refractivity (Wildman–Crippen MR) is 119 cm³/mol. The Kier molecular flexibility index (Phi) is 7.71. The number of amides is 2. The third-order valence-electron chi connectivity index (χ3n) is 5.45. The van der Waals surface area contributed by atoms with Crippen molar-refractivity contribution in [2.75, 3.05) is 24.6 Å². The van der Waals surface area contributed by atoms with Crippen LogP contribution in [-0.2, 0) is 4.79 Å². The molecular formula is C24H31N3O3. The van der Waals surface area contributed by atoms with E-state index >= 15 is 0 Å². The summed E-state index contributed by atoms with van der Waals surface area (Å²) in [7, 11) is 0. The zero-order valence-electron chi connectivity index (χ0n) is 17.8. The monoisotopic (exact) mass is 409 g/mol. The lowest BCUT2D eigenvalue weighted by molar-refractivity contribution is -0.123. The van der Waals surface area contributed by atoms with E-state index in [4.69, 9.17) is 4.74 Å². The highest BCUT2D eigenvalue weighted by molar-refractivity contribution is 6.00. The van der Waals surface area contributed by atoms with Crippen LogP contribution < -0.4 is 20.3 Å². The molecule has 0 bridgehead atoms. The van der Waals surface area contributed by atoms with Crippen molar-refractivity contribution >= 4 is 17.5 Å². The van der Waals surface area contributed by atoms with Crippen molar-refractivity contribution in [1.82, 2.24) is 10.6 Å². The van der Waals surface area contributed by atoms with E-state index in [0.717, 1.165) is 38.0 Å². The van der Waals surface area contributed by atoms with Gasteiger partial charge in [0.15, 0.2) is 6.61 Å². The molecule has 0 spiro atoms. The molecule has 0 aliphatic carbocycles. The Labute approximate surface area is 178 Å². The lowest BCUT2D eigenvalue weighted by atomic mass is 10.0. The zero-order chi connectivity index (χ0) is 21.3. The molecule has 2 aromatic carbocycles. The van der Waals surface area contributed by atoms with Gasteiger partial charge in [-0.05, 0) is 50.5 Å². The number of rotatable bonds is 8. The molecule has 6 heteroatoms. The number of hydrogen-bond acceptors (Lipinski definition) is 4. The third kappa shape index (κ3) is 5.99. The molecule has 2 aromatic rings. The van der Waals surface area contributed by atoms with Crippen LogP contribution in [-0.4, -0.2) is 43.6 Å². The lowest BCUT2D eigenvalue weighted by Crippen LogP contribution is -2.46. The molecule has 2 N–H and O–H groups in total. The van der Waals surface area contributed by atoms with E-state index in [2.05, 4.69) is 22.5 Å². The van der Waals surface area contributed by atoms with Crippen LogP contribution in [0.4, 0.5) is 5.69 Å². The fourth-order valence-electron chi connectivity index (χ4n) is 3.54. The average Bonchev–Trinajstić information content (AvgIpc) is 2.79. The molecular weight excluding hydrogens is 378 g/mol. The van der Waals surface area contributed by atoms with Crippen LogP contribution in [0.3, 0.4) is 0 Å². The van der Waals surface area contributed by atoms with Gasteiger partial charge in [0.25, 0.3) is 11.8 Å². The smallest absolute Gasteiger partial charge is 0.258 e. The minimum absolute atomic E-state index is 0.0167. The maximum atomic E-state index is 12.7. The van der Waals surface area contributed by atoms with Crippen molar-refractivity contribution in [3.05, 3.63) is 60.2 Å². The Hall–Kier alpha value is -3.02. The number of carbonyl (C=O) groups is 2. The zero-order valence-corrected chi connectivity index (χ0v) is 17.8. The number of ether oxygens (including phenoxy) is 1. The molecule has 0 radical (unpaired) electrons. The molecule has 0 saturated carbocycles. The Bertz CT molecular complexity index is 833. The number of piperidine rings is 1. The molecule has 2 amide bonds. The molecule has 3 rings (SSSR count). The first-order chi connectivity index (χ1) is 14.6. The fourth-order valence-corrected chi connectivity index (χ4v) is 3.54. The average molecular weight is 410 g/mol. The summed E-state index contributed by atoms with van der Waals surface area (Å²) in [5.41, 5.74) is 1.66. The van der Waals surface area contributed by atoms with Gasteiger partial charge in [0.05, 0.1) is 5.56 Å².